The lowest BCUT2D eigenvalue weighted by Crippen LogP contribution is -2.26. The second kappa shape index (κ2) is 9.54. The van der Waals surface area contributed by atoms with Gasteiger partial charge < -0.3 is 0 Å². The number of carbonyl (C=O) groups excluding carboxylic acids is 1. The van der Waals surface area contributed by atoms with Crippen LogP contribution in [0.15, 0.2) is 95.4 Å². The summed E-state index contributed by atoms with van der Waals surface area (Å²) in [7, 11) is 0. The predicted octanol–water partition coefficient (Wildman–Crippen LogP) is 8.06. The average molecular weight is 526 g/mol. The molecule has 1 aliphatic heterocycles. The Morgan fingerprint density at radius 1 is 1.00 bits per heavy atom. The molecule has 3 heterocycles. The number of hydrogen-bond acceptors (Lipinski definition) is 4. The molecule has 0 radical (unpaired) electrons. The van der Waals surface area contributed by atoms with Crippen LogP contribution in [0.1, 0.15) is 39.0 Å². The van der Waals surface area contributed by atoms with Gasteiger partial charge in [0.15, 0.2) is 0 Å². The van der Waals surface area contributed by atoms with Gasteiger partial charge in [-0.2, -0.15) is 5.10 Å². The summed E-state index contributed by atoms with van der Waals surface area (Å²) in [6.45, 7) is 1.98. The zero-order chi connectivity index (χ0) is 25.5. The second-order valence-corrected chi connectivity index (χ2v) is 10.3. The van der Waals surface area contributed by atoms with Crippen molar-refractivity contribution in [3.8, 4) is 11.1 Å². The molecule has 3 aromatic carbocycles. The van der Waals surface area contributed by atoms with Crippen LogP contribution < -0.4 is 0 Å². The van der Waals surface area contributed by atoms with Crippen molar-refractivity contribution in [1.29, 1.82) is 0 Å². The van der Waals surface area contributed by atoms with E-state index in [1.807, 2.05) is 60.8 Å². The van der Waals surface area contributed by atoms with E-state index in [9.17, 15) is 9.18 Å². The number of hydrogen-bond donors (Lipinski definition) is 0. The summed E-state index contributed by atoms with van der Waals surface area (Å²) in [4.78, 5) is 19.5. The van der Waals surface area contributed by atoms with Gasteiger partial charge in [-0.15, -0.1) is 11.3 Å². The van der Waals surface area contributed by atoms with Crippen molar-refractivity contribution in [2.45, 2.75) is 19.4 Å². The van der Waals surface area contributed by atoms with E-state index in [1.165, 1.54) is 29.3 Å². The van der Waals surface area contributed by atoms with E-state index >= 15 is 0 Å². The molecule has 0 spiro atoms. The van der Waals surface area contributed by atoms with Crippen molar-refractivity contribution >= 4 is 45.5 Å². The van der Waals surface area contributed by atoms with E-state index in [1.54, 1.807) is 11.3 Å². The highest BCUT2D eigenvalue weighted by molar-refractivity contribution is 7.10. The van der Waals surface area contributed by atoms with Crippen molar-refractivity contribution < 1.29 is 9.18 Å². The number of amides is 1. The number of rotatable bonds is 4. The third-order valence-corrected chi connectivity index (χ3v) is 7.77. The van der Waals surface area contributed by atoms with Gasteiger partial charge in [0, 0.05) is 44.1 Å². The first-order valence-corrected chi connectivity index (χ1v) is 13.1. The summed E-state index contributed by atoms with van der Waals surface area (Å²) in [6.07, 6.45) is 0.530. The largest absolute Gasteiger partial charge is 0.274 e. The zero-order valence-corrected chi connectivity index (χ0v) is 21.4. The number of nitrogens with zero attached hydrogens (tertiary/aromatic N) is 3. The van der Waals surface area contributed by atoms with Gasteiger partial charge in [-0.3, -0.25) is 9.78 Å². The van der Waals surface area contributed by atoms with Gasteiger partial charge in [0.25, 0.3) is 5.91 Å². The number of fused-ring (bicyclic) bond motifs is 1. The summed E-state index contributed by atoms with van der Waals surface area (Å²) in [5.74, 6) is -0.662. The van der Waals surface area contributed by atoms with Gasteiger partial charge in [-0.05, 0) is 66.4 Å². The SMILES string of the molecule is Cc1nc2ccc(Cl)cc2c(-c2ccccc2)c1C1=NN(C(=O)c2ccc(F)cc2)[C@H](c2cccs2)C1. The topological polar surface area (TPSA) is 45.6 Å². The molecule has 4 nitrogen and oxygen atoms in total. The Labute approximate surface area is 222 Å². The molecule has 7 heteroatoms. The van der Waals surface area contributed by atoms with Gasteiger partial charge in [0.05, 0.1) is 17.3 Å². The highest BCUT2D eigenvalue weighted by Gasteiger charge is 2.36. The summed E-state index contributed by atoms with van der Waals surface area (Å²) < 4.78 is 13.5. The molecule has 0 saturated heterocycles. The molecule has 6 rings (SSSR count). The second-order valence-electron chi connectivity index (χ2n) is 8.91. The molecule has 182 valence electrons. The maximum Gasteiger partial charge on any atom is 0.274 e. The number of thiophene rings is 1. The standard InChI is InChI=1S/C30H21ClFN3OS/c1-18-28(29(19-6-3-2-4-7-19)23-16-21(31)11-14-24(23)33-18)25-17-26(27-8-5-15-37-27)35(34-25)30(36)20-9-12-22(32)13-10-20/h2-16,26H,17H2,1H3/t26-/m0/s1. The maximum absolute atomic E-state index is 13.6. The number of halogens is 2. The molecule has 0 bridgehead atoms. The van der Waals surface area contributed by atoms with Crippen LogP contribution in [0.25, 0.3) is 22.0 Å². The molecule has 0 fully saturated rings. The molecule has 0 N–H and O–H groups in total. The van der Waals surface area contributed by atoms with Crippen LogP contribution in [0.2, 0.25) is 5.02 Å². The minimum absolute atomic E-state index is 0.273. The fourth-order valence-corrected chi connectivity index (χ4v) is 5.88. The van der Waals surface area contributed by atoms with E-state index < -0.39 is 0 Å². The van der Waals surface area contributed by atoms with Crippen molar-refractivity contribution in [2.24, 2.45) is 5.10 Å². The van der Waals surface area contributed by atoms with Gasteiger partial charge in [0.2, 0.25) is 0 Å². The molecule has 0 saturated carbocycles. The van der Waals surface area contributed by atoms with E-state index in [0.29, 0.717) is 17.0 Å². The van der Waals surface area contributed by atoms with E-state index in [4.69, 9.17) is 21.7 Å². The third kappa shape index (κ3) is 4.32. The van der Waals surface area contributed by atoms with Crippen LogP contribution in [0.3, 0.4) is 0 Å². The fourth-order valence-electron chi connectivity index (χ4n) is 4.89. The third-order valence-electron chi connectivity index (χ3n) is 6.56. The number of hydrazone groups is 1. The van der Waals surface area contributed by atoms with E-state index in [0.717, 1.165) is 43.9 Å². The smallest absolute Gasteiger partial charge is 0.267 e. The Morgan fingerprint density at radius 2 is 1.78 bits per heavy atom. The van der Waals surface area contributed by atoms with Crippen molar-refractivity contribution in [3.63, 3.8) is 0 Å². The molecule has 1 atom stereocenters. The lowest BCUT2D eigenvalue weighted by molar-refractivity contribution is 0.0713. The van der Waals surface area contributed by atoms with Crippen molar-refractivity contribution in [3.05, 3.63) is 123 Å². The monoisotopic (exact) mass is 525 g/mol. The molecular formula is C30H21ClFN3OS. The first-order chi connectivity index (χ1) is 18.0. The highest BCUT2D eigenvalue weighted by atomic mass is 35.5. The minimum atomic E-state index is -0.388. The summed E-state index contributed by atoms with van der Waals surface area (Å²) in [6, 6.07) is 25.1. The molecule has 5 aromatic rings. The lowest BCUT2D eigenvalue weighted by Gasteiger charge is -2.20. The van der Waals surface area contributed by atoms with Crippen LogP contribution in [-0.4, -0.2) is 21.6 Å². The number of benzene rings is 3. The summed E-state index contributed by atoms with van der Waals surface area (Å²) in [5, 5.41) is 9.99. The fraction of sp³-hybridized carbons (Fsp3) is 0.100. The van der Waals surface area contributed by atoms with Gasteiger partial charge in [-0.25, -0.2) is 9.40 Å². The molecule has 0 aliphatic carbocycles. The Morgan fingerprint density at radius 3 is 2.51 bits per heavy atom. The first kappa shape index (κ1) is 23.5. The number of aromatic nitrogens is 1. The van der Waals surface area contributed by atoms with Gasteiger partial charge >= 0.3 is 0 Å². The predicted molar refractivity (Wildman–Crippen MR) is 148 cm³/mol. The lowest BCUT2D eigenvalue weighted by atomic mass is 9.90. The number of carbonyl (C=O) groups is 1. The van der Waals surface area contributed by atoms with Crippen LogP contribution in [0.4, 0.5) is 4.39 Å². The average Bonchev–Trinajstić information content (AvgIpc) is 3.59. The van der Waals surface area contributed by atoms with E-state index in [-0.39, 0.29) is 17.8 Å². The molecule has 37 heavy (non-hydrogen) atoms. The Balaban J connectivity index is 1.56. The van der Waals surface area contributed by atoms with Crippen molar-refractivity contribution in [1.82, 2.24) is 9.99 Å². The molecule has 0 unspecified atom stereocenters. The quantitative estimate of drug-likeness (QED) is 0.238. The highest BCUT2D eigenvalue weighted by Crippen LogP contribution is 2.41. The minimum Gasteiger partial charge on any atom is -0.267 e. The maximum atomic E-state index is 13.6. The molecule has 1 amide bonds. The molecule has 1 aliphatic rings. The van der Waals surface area contributed by atoms with Crippen LogP contribution >= 0.6 is 22.9 Å². The van der Waals surface area contributed by atoms with Gasteiger partial charge in [-0.1, -0.05) is 48.0 Å². The Bertz CT molecular complexity index is 1650. The van der Waals surface area contributed by atoms with Gasteiger partial charge in [0.1, 0.15) is 5.82 Å². The first-order valence-electron chi connectivity index (χ1n) is 11.9. The Hall–Kier alpha value is -3.87. The Kier molecular flexibility index (Phi) is 6.07. The van der Waals surface area contributed by atoms with Crippen LogP contribution in [-0.2, 0) is 0 Å². The van der Waals surface area contributed by atoms with Crippen LogP contribution in [0.5, 0.6) is 0 Å². The number of aryl methyl sites for hydroxylation is 1. The summed E-state index contributed by atoms with van der Waals surface area (Å²) >= 11 is 8.01. The summed E-state index contributed by atoms with van der Waals surface area (Å²) in [5.41, 5.74) is 5.75. The molecule has 2 aromatic heterocycles. The number of pyridine rings is 1. The zero-order valence-electron chi connectivity index (χ0n) is 19.9. The molecular weight excluding hydrogens is 505 g/mol. The normalized spacial score (nSPS) is 15.3. The van der Waals surface area contributed by atoms with Crippen LogP contribution in [0, 0.1) is 12.7 Å². The van der Waals surface area contributed by atoms with E-state index in [2.05, 4.69) is 12.1 Å². The van der Waals surface area contributed by atoms with Crippen molar-refractivity contribution in [2.75, 3.05) is 0 Å².